The lowest BCUT2D eigenvalue weighted by atomic mass is 9.98. The van der Waals surface area contributed by atoms with E-state index in [4.69, 9.17) is 0 Å². The molecule has 2 fully saturated rings. The number of rotatable bonds is 5. The van der Waals surface area contributed by atoms with Gasteiger partial charge in [-0.05, 0) is 37.4 Å². The van der Waals surface area contributed by atoms with E-state index in [9.17, 15) is 0 Å². The maximum Gasteiger partial charge on any atom is 0.106 e. The van der Waals surface area contributed by atoms with Gasteiger partial charge in [0.1, 0.15) is 5.82 Å². The van der Waals surface area contributed by atoms with Crippen LogP contribution >= 0.6 is 0 Å². The van der Waals surface area contributed by atoms with Crippen molar-refractivity contribution in [3.8, 4) is 0 Å². The molecule has 0 aromatic carbocycles. The fourth-order valence-electron chi connectivity index (χ4n) is 4.38. The van der Waals surface area contributed by atoms with Crippen LogP contribution in [0.25, 0.3) is 0 Å². The standard InChI is InChI=1S/C20H28N4/c1-2-8-16(7-1)13-20-22-14-17(23-20)15-24-12-6-4-10-19(24)18-9-3-5-11-21-18/h3,5,9,11,14,16,19H,1-2,4,6-8,10,12-13,15H2,(H,22,23). The van der Waals surface area contributed by atoms with Crippen molar-refractivity contribution in [3.63, 3.8) is 0 Å². The van der Waals surface area contributed by atoms with Crippen LogP contribution in [-0.2, 0) is 13.0 Å². The molecule has 4 nitrogen and oxygen atoms in total. The normalized spacial score (nSPS) is 22.9. The van der Waals surface area contributed by atoms with E-state index in [1.807, 2.05) is 18.5 Å². The van der Waals surface area contributed by atoms with Gasteiger partial charge >= 0.3 is 0 Å². The SMILES string of the molecule is c1ccc(C2CCCCN2Cc2cnc(CC3CCCC3)[nH]2)nc1. The minimum absolute atomic E-state index is 0.446. The molecule has 0 bridgehead atoms. The predicted molar refractivity (Wildman–Crippen MR) is 95.5 cm³/mol. The Morgan fingerprint density at radius 3 is 2.75 bits per heavy atom. The van der Waals surface area contributed by atoms with Gasteiger partial charge in [-0.3, -0.25) is 9.88 Å². The molecule has 3 heterocycles. The van der Waals surface area contributed by atoms with Crippen LogP contribution in [0.15, 0.2) is 30.6 Å². The molecular formula is C20H28N4. The molecule has 1 unspecified atom stereocenters. The first kappa shape index (κ1) is 15.8. The largest absolute Gasteiger partial charge is 0.345 e. The van der Waals surface area contributed by atoms with Crippen LogP contribution < -0.4 is 0 Å². The lowest BCUT2D eigenvalue weighted by molar-refractivity contribution is 0.135. The minimum atomic E-state index is 0.446. The van der Waals surface area contributed by atoms with Gasteiger partial charge in [-0.25, -0.2) is 4.98 Å². The molecule has 1 saturated carbocycles. The molecule has 4 heteroatoms. The number of aromatic nitrogens is 3. The number of piperidine rings is 1. The third kappa shape index (κ3) is 3.69. The van der Waals surface area contributed by atoms with E-state index in [1.165, 1.54) is 62.2 Å². The highest BCUT2D eigenvalue weighted by Gasteiger charge is 2.25. The first-order valence-corrected chi connectivity index (χ1v) is 9.56. The van der Waals surface area contributed by atoms with Crippen LogP contribution in [0.3, 0.4) is 0 Å². The molecule has 2 aromatic heterocycles. The van der Waals surface area contributed by atoms with Gasteiger partial charge in [0.15, 0.2) is 0 Å². The number of pyridine rings is 1. The summed E-state index contributed by atoms with van der Waals surface area (Å²) in [6.45, 7) is 2.11. The quantitative estimate of drug-likeness (QED) is 0.893. The summed E-state index contributed by atoms with van der Waals surface area (Å²) in [5, 5.41) is 0. The first-order chi connectivity index (χ1) is 11.9. The summed E-state index contributed by atoms with van der Waals surface area (Å²) in [6, 6.07) is 6.72. The van der Waals surface area contributed by atoms with E-state index >= 15 is 0 Å². The van der Waals surface area contributed by atoms with Crippen LogP contribution in [0.1, 0.15) is 68.2 Å². The van der Waals surface area contributed by atoms with E-state index < -0.39 is 0 Å². The number of nitrogens with one attached hydrogen (secondary N) is 1. The van der Waals surface area contributed by atoms with Crippen LogP contribution in [0.2, 0.25) is 0 Å². The highest BCUT2D eigenvalue weighted by molar-refractivity contribution is 5.11. The van der Waals surface area contributed by atoms with Crippen molar-refractivity contribution < 1.29 is 0 Å². The van der Waals surface area contributed by atoms with Gasteiger partial charge in [-0.1, -0.05) is 38.2 Å². The lowest BCUT2D eigenvalue weighted by Crippen LogP contribution is -2.33. The first-order valence-electron chi connectivity index (χ1n) is 9.56. The molecule has 0 amide bonds. The molecule has 1 saturated heterocycles. The van der Waals surface area contributed by atoms with Gasteiger partial charge in [-0.15, -0.1) is 0 Å². The fourth-order valence-corrected chi connectivity index (χ4v) is 4.38. The summed E-state index contributed by atoms with van der Waals surface area (Å²) in [6.07, 6.45) is 14.4. The number of aromatic amines is 1. The smallest absolute Gasteiger partial charge is 0.106 e. The third-order valence-corrected chi connectivity index (χ3v) is 5.65. The monoisotopic (exact) mass is 324 g/mol. The topological polar surface area (TPSA) is 44.8 Å². The molecule has 2 aliphatic rings. The van der Waals surface area contributed by atoms with Crippen LogP contribution in [0.4, 0.5) is 0 Å². The van der Waals surface area contributed by atoms with Crippen molar-refractivity contribution in [2.24, 2.45) is 5.92 Å². The van der Waals surface area contributed by atoms with Crippen molar-refractivity contribution in [1.82, 2.24) is 19.9 Å². The molecular weight excluding hydrogens is 296 g/mol. The second-order valence-electron chi connectivity index (χ2n) is 7.45. The predicted octanol–water partition coefficient (Wildman–Crippen LogP) is 4.26. The molecule has 1 atom stereocenters. The molecule has 0 spiro atoms. The molecule has 2 aromatic rings. The van der Waals surface area contributed by atoms with Gasteiger partial charge in [0.25, 0.3) is 0 Å². The minimum Gasteiger partial charge on any atom is -0.345 e. The summed E-state index contributed by atoms with van der Waals surface area (Å²) in [5.41, 5.74) is 2.47. The Bertz CT molecular complexity index is 630. The number of likely N-dealkylation sites (tertiary alicyclic amines) is 1. The average molecular weight is 324 g/mol. The van der Waals surface area contributed by atoms with E-state index in [1.54, 1.807) is 0 Å². The maximum atomic E-state index is 4.65. The van der Waals surface area contributed by atoms with Gasteiger partial charge in [0, 0.05) is 31.1 Å². The number of nitrogens with zero attached hydrogens (tertiary/aromatic N) is 3. The number of hydrogen-bond donors (Lipinski definition) is 1. The van der Waals surface area contributed by atoms with Gasteiger partial charge in [0.2, 0.25) is 0 Å². The highest BCUT2D eigenvalue weighted by atomic mass is 15.2. The Kier molecular flexibility index (Phi) is 4.93. The van der Waals surface area contributed by atoms with Gasteiger partial charge < -0.3 is 4.98 Å². The fraction of sp³-hybridized carbons (Fsp3) is 0.600. The zero-order chi connectivity index (χ0) is 16.2. The molecule has 24 heavy (non-hydrogen) atoms. The third-order valence-electron chi connectivity index (χ3n) is 5.65. The molecule has 1 aliphatic heterocycles. The summed E-state index contributed by atoms with van der Waals surface area (Å²) < 4.78 is 0. The van der Waals surface area contributed by atoms with Crippen molar-refractivity contribution in [2.45, 2.75) is 64.0 Å². The lowest BCUT2D eigenvalue weighted by Gasteiger charge is -2.34. The van der Waals surface area contributed by atoms with Gasteiger partial charge in [0.05, 0.1) is 11.7 Å². The van der Waals surface area contributed by atoms with E-state index in [2.05, 4.69) is 32.0 Å². The summed E-state index contributed by atoms with van der Waals surface area (Å²) in [7, 11) is 0. The number of hydrogen-bond acceptors (Lipinski definition) is 3. The highest BCUT2D eigenvalue weighted by Crippen LogP contribution is 2.31. The molecule has 4 rings (SSSR count). The molecule has 1 N–H and O–H groups in total. The van der Waals surface area contributed by atoms with E-state index in [-0.39, 0.29) is 0 Å². The Morgan fingerprint density at radius 2 is 1.92 bits per heavy atom. The second-order valence-corrected chi connectivity index (χ2v) is 7.45. The Balaban J connectivity index is 1.42. The van der Waals surface area contributed by atoms with Crippen molar-refractivity contribution >= 4 is 0 Å². The zero-order valence-corrected chi connectivity index (χ0v) is 14.5. The molecule has 128 valence electrons. The van der Waals surface area contributed by atoms with Crippen molar-refractivity contribution in [3.05, 3.63) is 47.8 Å². The van der Waals surface area contributed by atoms with Crippen LogP contribution in [0, 0.1) is 5.92 Å². The maximum absolute atomic E-state index is 4.65. The van der Waals surface area contributed by atoms with Crippen molar-refractivity contribution in [2.75, 3.05) is 6.54 Å². The Morgan fingerprint density at radius 1 is 1.04 bits per heavy atom. The Labute approximate surface area is 144 Å². The number of H-pyrrole nitrogens is 1. The average Bonchev–Trinajstić information content (AvgIpc) is 3.29. The second kappa shape index (κ2) is 7.47. The number of imidazole rings is 1. The summed E-state index contributed by atoms with van der Waals surface area (Å²) >= 11 is 0. The summed E-state index contributed by atoms with van der Waals surface area (Å²) in [4.78, 5) is 15.4. The van der Waals surface area contributed by atoms with Crippen LogP contribution in [0.5, 0.6) is 0 Å². The van der Waals surface area contributed by atoms with Crippen molar-refractivity contribution in [1.29, 1.82) is 0 Å². The van der Waals surface area contributed by atoms with E-state index in [0.29, 0.717) is 6.04 Å². The summed E-state index contributed by atoms with van der Waals surface area (Å²) in [5.74, 6) is 2.03. The molecule has 1 aliphatic carbocycles. The molecule has 0 radical (unpaired) electrons. The van der Waals surface area contributed by atoms with Gasteiger partial charge in [-0.2, -0.15) is 0 Å². The Hall–Kier alpha value is -1.68. The van der Waals surface area contributed by atoms with E-state index in [0.717, 1.165) is 25.4 Å². The van der Waals surface area contributed by atoms with Crippen LogP contribution in [-0.4, -0.2) is 26.4 Å². The zero-order valence-electron chi connectivity index (χ0n) is 14.5.